The number of nitrogens with zero attached hydrogens (tertiary/aromatic N) is 1. The molecule has 0 aliphatic heterocycles. The summed E-state index contributed by atoms with van der Waals surface area (Å²) in [7, 11) is 2.52. The number of methoxy groups -OCH3 is 2. The van der Waals surface area contributed by atoms with Crippen LogP contribution in [0.15, 0.2) is 24.3 Å². The second kappa shape index (κ2) is 5.83. The van der Waals surface area contributed by atoms with Crippen LogP contribution in [0.4, 0.5) is 0 Å². The zero-order valence-corrected chi connectivity index (χ0v) is 12.1. The van der Waals surface area contributed by atoms with E-state index in [1.807, 2.05) is 31.2 Å². The van der Waals surface area contributed by atoms with Gasteiger partial charge in [0.05, 0.1) is 19.9 Å². The summed E-state index contributed by atoms with van der Waals surface area (Å²) in [5.74, 6) is -1.20. The van der Waals surface area contributed by atoms with Crippen LogP contribution in [0.2, 0.25) is 0 Å². The highest BCUT2D eigenvalue weighted by atomic mass is 32.1. The average Bonchev–Trinajstić information content (AvgIpc) is 2.90. The Kier molecular flexibility index (Phi) is 4.14. The van der Waals surface area contributed by atoms with Gasteiger partial charge in [0.1, 0.15) is 10.4 Å². The number of ether oxygens (including phenoxy) is 2. The molecule has 0 N–H and O–H groups in total. The van der Waals surface area contributed by atoms with Gasteiger partial charge in [-0.05, 0) is 24.5 Å². The van der Waals surface area contributed by atoms with Crippen molar-refractivity contribution in [3.05, 3.63) is 40.3 Å². The normalized spacial score (nSPS) is 10.2. The standard InChI is InChI=1S/C14H13NO4S/c1-8-5-4-6-9(7-8)11-10(13(16)18-2)12(20-15-11)14(17)19-3/h4-7H,1-3H3. The number of rotatable bonds is 3. The maximum absolute atomic E-state index is 11.9. The summed E-state index contributed by atoms with van der Waals surface area (Å²) in [6, 6.07) is 7.52. The molecule has 0 aliphatic rings. The molecule has 1 heterocycles. The van der Waals surface area contributed by atoms with Crippen LogP contribution in [0.25, 0.3) is 11.3 Å². The third kappa shape index (κ3) is 2.55. The maximum Gasteiger partial charge on any atom is 0.350 e. The lowest BCUT2D eigenvalue weighted by Crippen LogP contribution is -2.09. The number of aryl methyl sites for hydroxylation is 1. The quantitative estimate of drug-likeness (QED) is 0.813. The Morgan fingerprint density at radius 2 is 1.85 bits per heavy atom. The van der Waals surface area contributed by atoms with Gasteiger partial charge in [-0.2, -0.15) is 4.37 Å². The van der Waals surface area contributed by atoms with Crippen molar-refractivity contribution < 1.29 is 19.1 Å². The van der Waals surface area contributed by atoms with Gasteiger partial charge in [0.15, 0.2) is 0 Å². The zero-order valence-electron chi connectivity index (χ0n) is 11.3. The third-order valence-electron chi connectivity index (χ3n) is 2.74. The molecule has 0 fully saturated rings. The molecule has 20 heavy (non-hydrogen) atoms. The van der Waals surface area contributed by atoms with Crippen molar-refractivity contribution >= 4 is 23.5 Å². The van der Waals surface area contributed by atoms with Crippen LogP contribution < -0.4 is 0 Å². The SMILES string of the molecule is COC(=O)c1snc(-c2cccc(C)c2)c1C(=O)OC. The van der Waals surface area contributed by atoms with Gasteiger partial charge < -0.3 is 9.47 Å². The molecule has 0 amide bonds. The van der Waals surface area contributed by atoms with Gasteiger partial charge in [-0.15, -0.1) is 0 Å². The van der Waals surface area contributed by atoms with E-state index in [1.165, 1.54) is 14.2 Å². The summed E-state index contributed by atoms with van der Waals surface area (Å²) in [5, 5.41) is 0. The molecule has 0 atom stereocenters. The van der Waals surface area contributed by atoms with Crippen molar-refractivity contribution in [2.24, 2.45) is 0 Å². The van der Waals surface area contributed by atoms with Gasteiger partial charge in [0.25, 0.3) is 0 Å². The van der Waals surface area contributed by atoms with Crippen molar-refractivity contribution in [2.75, 3.05) is 14.2 Å². The van der Waals surface area contributed by atoms with E-state index in [1.54, 1.807) is 0 Å². The molecule has 0 saturated carbocycles. The summed E-state index contributed by atoms with van der Waals surface area (Å²) < 4.78 is 13.6. The Bertz CT molecular complexity index is 663. The van der Waals surface area contributed by atoms with Crippen molar-refractivity contribution in [3.63, 3.8) is 0 Å². The Labute approximate surface area is 120 Å². The number of hydrogen-bond donors (Lipinski definition) is 0. The summed E-state index contributed by atoms with van der Waals surface area (Å²) in [6.45, 7) is 1.94. The molecule has 2 rings (SSSR count). The van der Waals surface area contributed by atoms with Crippen molar-refractivity contribution in [1.82, 2.24) is 4.37 Å². The van der Waals surface area contributed by atoms with Crippen molar-refractivity contribution in [1.29, 1.82) is 0 Å². The minimum Gasteiger partial charge on any atom is -0.465 e. The first-order valence-corrected chi connectivity index (χ1v) is 6.59. The highest BCUT2D eigenvalue weighted by Gasteiger charge is 2.27. The molecule has 5 nitrogen and oxygen atoms in total. The number of benzene rings is 1. The average molecular weight is 291 g/mol. The molecule has 1 aromatic carbocycles. The molecule has 0 radical (unpaired) electrons. The number of aromatic nitrogens is 1. The van der Waals surface area contributed by atoms with Crippen molar-refractivity contribution in [2.45, 2.75) is 6.92 Å². The van der Waals surface area contributed by atoms with Gasteiger partial charge in [0, 0.05) is 5.56 Å². The van der Waals surface area contributed by atoms with Crippen LogP contribution in [-0.2, 0) is 9.47 Å². The van der Waals surface area contributed by atoms with Gasteiger partial charge in [-0.3, -0.25) is 0 Å². The van der Waals surface area contributed by atoms with E-state index in [2.05, 4.69) is 9.11 Å². The third-order valence-corrected chi connectivity index (χ3v) is 3.57. The summed E-state index contributed by atoms with van der Waals surface area (Å²) in [6.07, 6.45) is 0. The lowest BCUT2D eigenvalue weighted by Gasteiger charge is -2.04. The lowest BCUT2D eigenvalue weighted by molar-refractivity contribution is 0.0560. The van der Waals surface area contributed by atoms with Gasteiger partial charge >= 0.3 is 11.9 Å². The largest absolute Gasteiger partial charge is 0.465 e. The molecule has 104 valence electrons. The van der Waals surface area contributed by atoms with Crippen LogP contribution in [-0.4, -0.2) is 30.5 Å². The minimum absolute atomic E-state index is 0.148. The molecule has 0 saturated heterocycles. The fraction of sp³-hybridized carbons (Fsp3) is 0.214. The van der Waals surface area contributed by atoms with Gasteiger partial charge in [0.2, 0.25) is 0 Å². The van der Waals surface area contributed by atoms with Gasteiger partial charge in [-0.1, -0.05) is 23.8 Å². The summed E-state index contributed by atoms with van der Waals surface area (Å²) in [5.41, 5.74) is 2.38. The van der Waals surface area contributed by atoms with Crippen LogP contribution in [0.3, 0.4) is 0 Å². The number of carbonyl (C=O) groups is 2. The molecule has 6 heteroatoms. The number of esters is 2. The van der Waals surface area contributed by atoms with Gasteiger partial charge in [-0.25, -0.2) is 9.59 Å². The number of hydrogen-bond acceptors (Lipinski definition) is 6. The smallest absolute Gasteiger partial charge is 0.350 e. The van der Waals surface area contributed by atoms with E-state index >= 15 is 0 Å². The highest BCUT2D eigenvalue weighted by Crippen LogP contribution is 2.30. The van der Waals surface area contributed by atoms with Crippen LogP contribution in [0, 0.1) is 6.92 Å². The summed E-state index contributed by atoms with van der Waals surface area (Å²) in [4.78, 5) is 23.8. The Hall–Kier alpha value is -2.21. The van der Waals surface area contributed by atoms with E-state index in [0.717, 1.165) is 22.7 Å². The molecular formula is C14H13NO4S. The highest BCUT2D eigenvalue weighted by molar-refractivity contribution is 7.08. The molecule has 2 aromatic rings. The molecular weight excluding hydrogens is 278 g/mol. The van der Waals surface area contributed by atoms with Crippen molar-refractivity contribution in [3.8, 4) is 11.3 Å². The first-order chi connectivity index (χ1) is 9.58. The molecule has 0 unspecified atom stereocenters. The minimum atomic E-state index is -0.601. The fourth-order valence-electron chi connectivity index (χ4n) is 1.80. The molecule has 0 spiro atoms. The first kappa shape index (κ1) is 14.2. The van der Waals surface area contributed by atoms with Crippen LogP contribution in [0.5, 0.6) is 0 Å². The predicted octanol–water partition coefficient (Wildman–Crippen LogP) is 2.69. The second-order valence-corrected chi connectivity index (χ2v) is 4.86. The monoisotopic (exact) mass is 291 g/mol. The van der Waals surface area contributed by atoms with E-state index in [-0.39, 0.29) is 10.4 Å². The van der Waals surface area contributed by atoms with Crippen LogP contribution in [0.1, 0.15) is 25.6 Å². The van der Waals surface area contributed by atoms with Crippen LogP contribution >= 0.6 is 11.5 Å². The first-order valence-electron chi connectivity index (χ1n) is 5.81. The fourth-order valence-corrected chi connectivity index (χ4v) is 2.61. The lowest BCUT2D eigenvalue weighted by atomic mass is 10.0. The van der Waals surface area contributed by atoms with E-state index < -0.39 is 11.9 Å². The molecule has 1 aromatic heterocycles. The molecule has 0 aliphatic carbocycles. The van der Waals surface area contributed by atoms with E-state index in [0.29, 0.717) is 5.69 Å². The molecule has 0 bridgehead atoms. The predicted molar refractivity (Wildman–Crippen MR) is 75.0 cm³/mol. The maximum atomic E-state index is 11.9. The Morgan fingerprint density at radius 1 is 1.15 bits per heavy atom. The zero-order chi connectivity index (χ0) is 14.7. The number of carbonyl (C=O) groups excluding carboxylic acids is 2. The Morgan fingerprint density at radius 3 is 2.45 bits per heavy atom. The van der Waals surface area contributed by atoms with E-state index in [9.17, 15) is 9.59 Å². The summed E-state index contributed by atoms with van der Waals surface area (Å²) >= 11 is 0.928. The second-order valence-electron chi connectivity index (χ2n) is 4.09. The topological polar surface area (TPSA) is 65.5 Å². The Balaban J connectivity index is 2.62. The van der Waals surface area contributed by atoms with E-state index in [4.69, 9.17) is 4.74 Å².